The zero-order valence-corrected chi connectivity index (χ0v) is 19.3. The molecule has 154 valence electrons. The topological polar surface area (TPSA) is 41.9 Å². The predicted octanol–water partition coefficient (Wildman–Crippen LogP) is 6.40. The molecule has 4 nitrogen and oxygen atoms in total. The Morgan fingerprint density at radius 3 is 2.47 bits per heavy atom. The average Bonchev–Trinajstić information content (AvgIpc) is 3.06. The number of pyridine rings is 1. The molecule has 0 fully saturated rings. The largest absolute Gasteiger partial charge is 0.356 e. The van der Waals surface area contributed by atoms with E-state index in [-0.39, 0.29) is 0 Å². The Morgan fingerprint density at radius 2 is 1.77 bits per heavy atom. The molecule has 4 rings (SSSR count). The van der Waals surface area contributed by atoms with Crippen LogP contribution in [0, 0.1) is 20.8 Å². The third kappa shape index (κ3) is 4.05. The van der Waals surface area contributed by atoms with Crippen LogP contribution in [0.25, 0.3) is 21.3 Å². The molecule has 0 aliphatic carbocycles. The number of aromatic nitrogens is 3. The van der Waals surface area contributed by atoms with E-state index in [2.05, 4.69) is 72.9 Å². The zero-order valence-electron chi connectivity index (χ0n) is 17.7. The van der Waals surface area contributed by atoms with Gasteiger partial charge in [0.25, 0.3) is 0 Å². The van der Waals surface area contributed by atoms with Gasteiger partial charge in [0.1, 0.15) is 10.6 Å². The van der Waals surface area contributed by atoms with Gasteiger partial charge in [-0.15, -0.1) is 11.3 Å². The van der Waals surface area contributed by atoms with Crippen molar-refractivity contribution in [2.75, 3.05) is 18.0 Å². The van der Waals surface area contributed by atoms with Crippen LogP contribution >= 0.6 is 22.9 Å². The number of likely N-dealkylation sites (N-methyl/N-ethyl adjacent to an activating group) is 1. The van der Waals surface area contributed by atoms with Crippen molar-refractivity contribution in [3.63, 3.8) is 0 Å². The molecule has 0 radical (unpaired) electrons. The van der Waals surface area contributed by atoms with Gasteiger partial charge in [0.05, 0.1) is 5.39 Å². The summed E-state index contributed by atoms with van der Waals surface area (Å²) in [5, 5.41) is 1.40. The second-order valence-electron chi connectivity index (χ2n) is 7.51. The van der Waals surface area contributed by atoms with Crippen LogP contribution in [0.15, 0.2) is 42.7 Å². The molecular weight excluding hydrogens is 412 g/mol. The van der Waals surface area contributed by atoms with Gasteiger partial charge in [-0.1, -0.05) is 18.2 Å². The molecular formula is C24H25ClN4S. The first kappa shape index (κ1) is 20.8. The van der Waals surface area contributed by atoms with Crippen LogP contribution in [-0.4, -0.2) is 28.0 Å². The molecule has 4 aromatic rings. The first-order valence-electron chi connectivity index (χ1n) is 10.2. The van der Waals surface area contributed by atoms with Crippen LogP contribution < -0.4 is 4.90 Å². The normalized spacial score (nSPS) is 11.2. The van der Waals surface area contributed by atoms with Crippen LogP contribution in [0.4, 0.5) is 5.82 Å². The number of anilines is 1. The predicted molar refractivity (Wildman–Crippen MR) is 128 cm³/mol. The molecule has 0 aliphatic rings. The fraction of sp³-hybridized carbons (Fsp3) is 0.292. The summed E-state index contributed by atoms with van der Waals surface area (Å²) in [6.07, 6.45) is 4.60. The lowest BCUT2D eigenvalue weighted by atomic mass is 9.99. The third-order valence-electron chi connectivity index (χ3n) is 5.58. The molecule has 0 amide bonds. The van der Waals surface area contributed by atoms with Crippen molar-refractivity contribution in [2.24, 2.45) is 0 Å². The number of nitrogens with zero attached hydrogens (tertiary/aromatic N) is 4. The van der Waals surface area contributed by atoms with Crippen molar-refractivity contribution in [1.82, 2.24) is 15.0 Å². The molecule has 0 bridgehead atoms. The van der Waals surface area contributed by atoms with Crippen molar-refractivity contribution in [3.8, 4) is 11.1 Å². The number of benzene rings is 1. The highest BCUT2D eigenvalue weighted by atomic mass is 35.5. The van der Waals surface area contributed by atoms with E-state index in [1.807, 2.05) is 12.4 Å². The molecule has 3 aromatic heterocycles. The maximum Gasteiger partial charge on any atom is 0.225 e. The van der Waals surface area contributed by atoms with Gasteiger partial charge in [-0.2, -0.15) is 4.98 Å². The number of thiophene rings is 1. The summed E-state index contributed by atoms with van der Waals surface area (Å²) in [6, 6.07) is 10.8. The van der Waals surface area contributed by atoms with Gasteiger partial charge in [-0.3, -0.25) is 4.98 Å². The summed E-state index contributed by atoms with van der Waals surface area (Å²) in [5.74, 6) is 0.916. The number of hydrogen-bond donors (Lipinski definition) is 0. The van der Waals surface area contributed by atoms with E-state index in [0.717, 1.165) is 35.5 Å². The van der Waals surface area contributed by atoms with Crippen LogP contribution in [0.3, 0.4) is 0 Å². The Morgan fingerprint density at radius 1 is 1.00 bits per heavy atom. The van der Waals surface area contributed by atoms with Crippen molar-refractivity contribution in [1.29, 1.82) is 0 Å². The van der Waals surface area contributed by atoms with Gasteiger partial charge in [0.15, 0.2) is 0 Å². The van der Waals surface area contributed by atoms with Crippen molar-refractivity contribution >= 4 is 39.0 Å². The Balaban J connectivity index is 1.83. The summed E-state index contributed by atoms with van der Waals surface area (Å²) in [7, 11) is 0. The van der Waals surface area contributed by atoms with Crippen molar-refractivity contribution < 1.29 is 0 Å². The lowest BCUT2D eigenvalue weighted by Gasteiger charge is -2.23. The number of aryl methyl sites for hydroxylation is 3. The number of rotatable bonds is 6. The summed E-state index contributed by atoms with van der Waals surface area (Å²) >= 11 is 8.03. The zero-order chi connectivity index (χ0) is 21.3. The monoisotopic (exact) mass is 436 g/mol. The lowest BCUT2D eigenvalue weighted by Crippen LogP contribution is -2.26. The van der Waals surface area contributed by atoms with E-state index in [0.29, 0.717) is 5.28 Å². The van der Waals surface area contributed by atoms with E-state index in [4.69, 9.17) is 16.6 Å². The molecule has 0 spiro atoms. The number of fused-ring (bicyclic) bond motifs is 1. The second-order valence-corrected chi connectivity index (χ2v) is 9.06. The third-order valence-corrected chi connectivity index (χ3v) is 6.75. The Bertz CT molecular complexity index is 1190. The molecule has 3 heterocycles. The SMILES string of the molecule is CCN(CCc1ccncc1)c1nc(Cl)nc2sc(C)c(-c3ccc(C)c(C)c3)c12. The molecule has 0 saturated heterocycles. The second kappa shape index (κ2) is 8.70. The van der Waals surface area contributed by atoms with Crippen LogP contribution in [0.2, 0.25) is 5.28 Å². The maximum absolute atomic E-state index is 6.35. The molecule has 0 saturated carbocycles. The van der Waals surface area contributed by atoms with Gasteiger partial charge in [-0.25, -0.2) is 4.98 Å². The van der Waals surface area contributed by atoms with E-state index in [9.17, 15) is 0 Å². The van der Waals surface area contributed by atoms with E-state index in [1.165, 1.54) is 32.7 Å². The molecule has 0 aliphatic heterocycles. The first-order valence-corrected chi connectivity index (χ1v) is 11.4. The van der Waals surface area contributed by atoms with Crippen LogP contribution in [0.1, 0.15) is 28.5 Å². The summed E-state index contributed by atoms with van der Waals surface area (Å²) in [5.41, 5.74) is 6.26. The number of hydrogen-bond acceptors (Lipinski definition) is 5. The van der Waals surface area contributed by atoms with Gasteiger partial charge in [-0.05, 0) is 80.1 Å². The molecule has 0 N–H and O–H groups in total. The van der Waals surface area contributed by atoms with Crippen LogP contribution in [0.5, 0.6) is 0 Å². The van der Waals surface area contributed by atoms with Crippen molar-refractivity contribution in [3.05, 3.63) is 69.6 Å². The highest BCUT2D eigenvalue weighted by Gasteiger charge is 2.21. The fourth-order valence-corrected chi connectivity index (χ4v) is 5.02. The molecule has 0 atom stereocenters. The summed E-state index contributed by atoms with van der Waals surface area (Å²) in [6.45, 7) is 10.3. The van der Waals surface area contributed by atoms with Gasteiger partial charge < -0.3 is 4.90 Å². The fourth-order valence-electron chi connectivity index (χ4n) is 3.77. The van der Waals surface area contributed by atoms with E-state index >= 15 is 0 Å². The first-order chi connectivity index (χ1) is 14.5. The number of halogens is 1. The van der Waals surface area contributed by atoms with E-state index in [1.54, 1.807) is 11.3 Å². The Hall–Kier alpha value is -2.50. The minimum absolute atomic E-state index is 0.299. The highest BCUT2D eigenvalue weighted by molar-refractivity contribution is 7.19. The minimum atomic E-state index is 0.299. The molecule has 0 unspecified atom stereocenters. The Labute approximate surface area is 186 Å². The average molecular weight is 437 g/mol. The smallest absolute Gasteiger partial charge is 0.225 e. The molecule has 6 heteroatoms. The Kier molecular flexibility index (Phi) is 6.02. The lowest BCUT2D eigenvalue weighted by molar-refractivity contribution is 0.796. The standard InChI is InChI=1S/C24H25ClN4S/c1-5-29(13-10-18-8-11-26-12-9-18)22-21-20(19-7-6-15(2)16(3)14-19)17(4)30-23(21)28-24(25)27-22/h6-9,11-12,14H,5,10,13H2,1-4H3. The quantitative estimate of drug-likeness (QED) is 0.328. The highest BCUT2D eigenvalue weighted by Crippen LogP contribution is 2.42. The summed E-state index contributed by atoms with van der Waals surface area (Å²) < 4.78 is 0. The molecule has 30 heavy (non-hydrogen) atoms. The van der Waals surface area contributed by atoms with E-state index < -0.39 is 0 Å². The molecule has 1 aromatic carbocycles. The van der Waals surface area contributed by atoms with Crippen LogP contribution in [-0.2, 0) is 6.42 Å². The maximum atomic E-state index is 6.35. The van der Waals surface area contributed by atoms with Gasteiger partial charge in [0.2, 0.25) is 5.28 Å². The van der Waals surface area contributed by atoms with Crippen molar-refractivity contribution in [2.45, 2.75) is 34.1 Å². The summed E-state index contributed by atoms with van der Waals surface area (Å²) in [4.78, 5) is 17.8. The van der Waals surface area contributed by atoms with Gasteiger partial charge in [0, 0.05) is 35.9 Å². The van der Waals surface area contributed by atoms with Gasteiger partial charge >= 0.3 is 0 Å². The minimum Gasteiger partial charge on any atom is -0.356 e.